The second-order valence-electron chi connectivity index (χ2n) is 5.66. The van der Waals surface area contributed by atoms with Crippen LogP contribution in [0.2, 0.25) is 0 Å². The summed E-state index contributed by atoms with van der Waals surface area (Å²) in [4.78, 5) is 18.7. The molecule has 1 aromatic heterocycles. The Bertz CT molecular complexity index is 626. The predicted octanol–water partition coefficient (Wildman–Crippen LogP) is 2.22. The molecule has 1 aromatic carbocycles. The van der Waals surface area contributed by atoms with Crippen LogP contribution in [0, 0.1) is 6.92 Å². The summed E-state index contributed by atoms with van der Waals surface area (Å²) in [6, 6.07) is 7.90. The molecule has 0 radical (unpaired) electrons. The zero-order valence-electron chi connectivity index (χ0n) is 13.0. The predicted molar refractivity (Wildman–Crippen MR) is 87.2 cm³/mol. The molecule has 1 saturated heterocycles. The summed E-state index contributed by atoms with van der Waals surface area (Å²) >= 11 is 0. The van der Waals surface area contributed by atoms with Crippen molar-refractivity contribution < 1.29 is 4.79 Å². The van der Waals surface area contributed by atoms with Gasteiger partial charge in [-0.1, -0.05) is 0 Å². The highest BCUT2D eigenvalue weighted by atomic mass is 16.1. The number of carbonyl (C=O) groups is 1. The highest BCUT2D eigenvalue weighted by Gasteiger charge is 2.12. The van der Waals surface area contributed by atoms with Crippen LogP contribution in [-0.2, 0) is 6.54 Å². The Labute approximate surface area is 131 Å². The second kappa shape index (κ2) is 6.64. The molecule has 5 nitrogen and oxygen atoms in total. The third-order valence-electron chi connectivity index (χ3n) is 4.16. The summed E-state index contributed by atoms with van der Waals surface area (Å²) in [5.41, 5.74) is 1.92. The lowest BCUT2D eigenvalue weighted by atomic mass is 10.2. The van der Waals surface area contributed by atoms with Crippen LogP contribution in [0.25, 0.3) is 0 Å². The van der Waals surface area contributed by atoms with Gasteiger partial charge in [0, 0.05) is 49.8 Å². The number of aryl methyl sites for hydroxylation is 1. The number of benzene rings is 1. The van der Waals surface area contributed by atoms with E-state index >= 15 is 0 Å². The molecule has 2 aromatic rings. The monoisotopic (exact) mass is 298 g/mol. The van der Waals surface area contributed by atoms with Gasteiger partial charge in [-0.2, -0.15) is 0 Å². The standard InChI is InChI=1S/C17H22N4O/c1-14-18-8-12-20(14)13-9-19-17(22)15-4-6-16(7-5-15)21-10-2-3-11-21/h4-8,12H,2-3,9-11,13H2,1H3,(H,19,22). The molecule has 2 heterocycles. The smallest absolute Gasteiger partial charge is 0.251 e. The lowest BCUT2D eigenvalue weighted by Gasteiger charge is -2.17. The number of amides is 1. The number of aromatic nitrogens is 2. The van der Waals surface area contributed by atoms with Gasteiger partial charge in [0.1, 0.15) is 5.82 Å². The van der Waals surface area contributed by atoms with Crippen LogP contribution in [0.1, 0.15) is 29.0 Å². The molecule has 0 aliphatic carbocycles. The fraction of sp³-hybridized carbons (Fsp3) is 0.412. The number of carbonyl (C=O) groups excluding carboxylic acids is 1. The fourth-order valence-electron chi connectivity index (χ4n) is 2.83. The van der Waals surface area contributed by atoms with E-state index in [2.05, 4.69) is 15.2 Å². The molecule has 0 bridgehead atoms. The first-order valence-electron chi connectivity index (χ1n) is 7.85. The van der Waals surface area contributed by atoms with Crippen molar-refractivity contribution in [3.05, 3.63) is 48.0 Å². The van der Waals surface area contributed by atoms with Gasteiger partial charge in [-0.05, 0) is 44.0 Å². The van der Waals surface area contributed by atoms with Gasteiger partial charge in [0.05, 0.1) is 0 Å². The Balaban J connectivity index is 1.52. The highest BCUT2D eigenvalue weighted by Crippen LogP contribution is 2.20. The van der Waals surface area contributed by atoms with E-state index in [1.165, 1.54) is 18.5 Å². The number of imidazole rings is 1. The molecule has 5 heteroatoms. The lowest BCUT2D eigenvalue weighted by molar-refractivity contribution is 0.0952. The molecular formula is C17H22N4O. The van der Waals surface area contributed by atoms with Crippen LogP contribution in [0.4, 0.5) is 5.69 Å². The van der Waals surface area contributed by atoms with Crippen LogP contribution in [-0.4, -0.2) is 35.1 Å². The minimum atomic E-state index is -0.0225. The van der Waals surface area contributed by atoms with Crippen LogP contribution in [0.5, 0.6) is 0 Å². The maximum atomic E-state index is 12.1. The lowest BCUT2D eigenvalue weighted by Crippen LogP contribution is -2.27. The minimum Gasteiger partial charge on any atom is -0.372 e. The van der Waals surface area contributed by atoms with Gasteiger partial charge in [0.15, 0.2) is 0 Å². The van der Waals surface area contributed by atoms with E-state index in [0.717, 1.165) is 25.5 Å². The van der Waals surface area contributed by atoms with Gasteiger partial charge in [0.25, 0.3) is 5.91 Å². The van der Waals surface area contributed by atoms with E-state index in [1.54, 1.807) is 6.20 Å². The van der Waals surface area contributed by atoms with Crippen molar-refractivity contribution in [1.29, 1.82) is 0 Å². The first-order chi connectivity index (χ1) is 10.7. The third kappa shape index (κ3) is 3.30. The summed E-state index contributed by atoms with van der Waals surface area (Å²) in [7, 11) is 0. The van der Waals surface area contributed by atoms with Gasteiger partial charge < -0.3 is 14.8 Å². The number of rotatable bonds is 5. The number of anilines is 1. The highest BCUT2D eigenvalue weighted by molar-refractivity contribution is 5.94. The Morgan fingerprint density at radius 1 is 1.23 bits per heavy atom. The molecule has 3 rings (SSSR count). The van der Waals surface area contributed by atoms with Gasteiger partial charge in [-0.25, -0.2) is 4.98 Å². The fourth-order valence-corrected chi connectivity index (χ4v) is 2.83. The van der Waals surface area contributed by atoms with E-state index in [9.17, 15) is 4.79 Å². The molecule has 0 saturated carbocycles. The van der Waals surface area contributed by atoms with Crippen LogP contribution < -0.4 is 10.2 Å². The van der Waals surface area contributed by atoms with Gasteiger partial charge >= 0.3 is 0 Å². The zero-order chi connectivity index (χ0) is 15.4. The zero-order valence-corrected chi connectivity index (χ0v) is 13.0. The van der Waals surface area contributed by atoms with Gasteiger partial charge in [0.2, 0.25) is 0 Å². The Kier molecular flexibility index (Phi) is 4.42. The largest absolute Gasteiger partial charge is 0.372 e. The Morgan fingerprint density at radius 3 is 2.59 bits per heavy atom. The van der Waals surface area contributed by atoms with E-state index in [4.69, 9.17) is 0 Å². The number of hydrogen-bond acceptors (Lipinski definition) is 3. The first kappa shape index (κ1) is 14.6. The summed E-state index contributed by atoms with van der Waals surface area (Å²) in [6.45, 7) is 5.54. The van der Waals surface area contributed by atoms with Crippen molar-refractivity contribution in [2.24, 2.45) is 0 Å². The van der Waals surface area contributed by atoms with Crippen molar-refractivity contribution in [2.75, 3.05) is 24.5 Å². The number of nitrogens with zero attached hydrogens (tertiary/aromatic N) is 3. The van der Waals surface area contributed by atoms with Crippen LogP contribution in [0.15, 0.2) is 36.7 Å². The number of hydrogen-bond donors (Lipinski definition) is 1. The topological polar surface area (TPSA) is 50.2 Å². The third-order valence-corrected chi connectivity index (χ3v) is 4.16. The van der Waals surface area contributed by atoms with Crippen molar-refractivity contribution in [2.45, 2.75) is 26.3 Å². The van der Waals surface area contributed by atoms with Crippen LogP contribution in [0.3, 0.4) is 0 Å². The number of nitrogens with one attached hydrogen (secondary N) is 1. The molecule has 1 amide bonds. The molecule has 1 aliphatic heterocycles. The second-order valence-corrected chi connectivity index (χ2v) is 5.66. The van der Waals surface area contributed by atoms with E-state index in [1.807, 2.05) is 42.0 Å². The maximum Gasteiger partial charge on any atom is 0.251 e. The summed E-state index contributed by atoms with van der Waals surface area (Å²) in [5, 5.41) is 2.95. The van der Waals surface area contributed by atoms with E-state index in [-0.39, 0.29) is 5.91 Å². The van der Waals surface area contributed by atoms with Crippen molar-refractivity contribution in [3.8, 4) is 0 Å². The molecule has 116 valence electrons. The summed E-state index contributed by atoms with van der Waals surface area (Å²) < 4.78 is 2.02. The molecule has 1 fully saturated rings. The summed E-state index contributed by atoms with van der Waals surface area (Å²) in [6.07, 6.45) is 6.21. The molecule has 1 aliphatic rings. The van der Waals surface area contributed by atoms with Crippen molar-refractivity contribution in [1.82, 2.24) is 14.9 Å². The van der Waals surface area contributed by atoms with E-state index < -0.39 is 0 Å². The van der Waals surface area contributed by atoms with Gasteiger partial charge in [-0.3, -0.25) is 4.79 Å². The molecular weight excluding hydrogens is 276 g/mol. The average molecular weight is 298 g/mol. The molecule has 1 N–H and O–H groups in total. The maximum absolute atomic E-state index is 12.1. The van der Waals surface area contributed by atoms with E-state index in [0.29, 0.717) is 12.1 Å². The Hall–Kier alpha value is -2.30. The van der Waals surface area contributed by atoms with Gasteiger partial charge in [-0.15, -0.1) is 0 Å². The molecule has 0 atom stereocenters. The normalized spacial score (nSPS) is 14.3. The molecule has 0 spiro atoms. The van der Waals surface area contributed by atoms with Crippen LogP contribution >= 0.6 is 0 Å². The quantitative estimate of drug-likeness (QED) is 0.921. The Morgan fingerprint density at radius 2 is 1.95 bits per heavy atom. The van der Waals surface area contributed by atoms with Crippen molar-refractivity contribution in [3.63, 3.8) is 0 Å². The SMILES string of the molecule is Cc1nccn1CCNC(=O)c1ccc(N2CCCC2)cc1. The molecule has 22 heavy (non-hydrogen) atoms. The average Bonchev–Trinajstić information content (AvgIpc) is 3.20. The molecule has 0 unspecified atom stereocenters. The minimum absolute atomic E-state index is 0.0225. The first-order valence-corrected chi connectivity index (χ1v) is 7.85. The van der Waals surface area contributed by atoms with Crippen molar-refractivity contribution >= 4 is 11.6 Å². The summed E-state index contributed by atoms with van der Waals surface area (Å²) in [5.74, 6) is 0.940.